The number of likely N-dealkylation sites (tertiary alicyclic amines) is 1. The van der Waals surface area contributed by atoms with Gasteiger partial charge in [0, 0.05) is 18.7 Å². The first-order chi connectivity index (χ1) is 9.51. The van der Waals surface area contributed by atoms with Crippen LogP contribution in [0.15, 0.2) is 18.2 Å². The Hall–Kier alpha value is -1.54. The van der Waals surface area contributed by atoms with E-state index < -0.39 is 5.82 Å². The summed E-state index contributed by atoms with van der Waals surface area (Å²) in [6.07, 6.45) is 3.24. The predicted octanol–water partition coefficient (Wildman–Crippen LogP) is 3.00. The highest BCUT2D eigenvalue weighted by Crippen LogP contribution is 2.34. The quantitative estimate of drug-likeness (QED) is 0.841. The first-order valence-electron chi connectivity index (χ1n) is 6.53. The Balaban J connectivity index is 2.13. The summed E-state index contributed by atoms with van der Waals surface area (Å²) in [5, 5.41) is 9.24. The lowest BCUT2D eigenvalue weighted by atomic mass is 9.96. The van der Waals surface area contributed by atoms with Crippen LogP contribution in [0.5, 0.6) is 0 Å². The zero-order chi connectivity index (χ0) is 14.8. The minimum atomic E-state index is -0.397. The molecule has 5 heteroatoms. The van der Waals surface area contributed by atoms with Gasteiger partial charge in [-0.25, -0.2) is 4.39 Å². The Morgan fingerprint density at radius 2 is 2.10 bits per heavy atom. The number of hydrogen-bond donors (Lipinski definition) is 0. The van der Waals surface area contributed by atoms with Gasteiger partial charge in [0.15, 0.2) is 0 Å². The van der Waals surface area contributed by atoms with Crippen molar-refractivity contribution in [2.45, 2.75) is 24.5 Å². The molecule has 1 aliphatic rings. The monoisotopic (exact) mass is 292 g/mol. The molecule has 0 unspecified atom stereocenters. The highest BCUT2D eigenvalue weighted by Gasteiger charge is 2.35. The number of benzene rings is 1. The second-order valence-electron chi connectivity index (χ2n) is 5.06. The molecular weight excluding hydrogens is 275 g/mol. The molecule has 1 aliphatic heterocycles. The van der Waals surface area contributed by atoms with Crippen LogP contribution in [0.1, 0.15) is 28.8 Å². The van der Waals surface area contributed by atoms with Crippen LogP contribution in [0.3, 0.4) is 0 Å². The largest absolute Gasteiger partial charge is 0.338 e. The van der Waals surface area contributed by atoms with Crippen LogP contribution >= 0.6 is 11.8 Å². The third-order valence-electron chi connectivity index (χ3n) is 3.88. The van der Waals surface area contributed by atoms with Gasteiger partial charge in [-0.1, -0.05) is 6.07 Å². The summed E-state index contributed by atoms with van der Waals surface area (Å²) >= 11 is 1.55. The fourth-order valence-electron chi connectivity index (χ4n) is 2.43. The van der Waals surface area contributed by atoms with Crippen molar-refractivity contribution < 1.29 is 9.18 Å². The molecule has 1 heterocycles. The van der Waals surface area contributed by atoms with Gasteiger partial charge < -0.3 is 4.90 Å². The standard InChI is InChI=1S/C15H17FN2OS/c1-11-3-4-12(16)9-13(11)14(19)18-7-5-15(10-17,20-2)6-8-18/h3-4,9H,5-8H2,1-2H3. The van der Waals surface area contributed by atoms with E-state index in [9.17, 15) is 14.4 Å². The number of carbonyl (C=O) groups is 1. The van der Waals surface area contributed by atoms with Crippen molar-refractivity contribution in [3.05, 3.63) is 35.1 Å². The van der Waals surface area contributed by atoms with E-state index in [1.165, 1.54) is 12.1 Å². The van der Waals surface area contributed by atoms with Crippen LogP contribution in [-0.4, -0.2) is 34.9 Å². The molecule has 3 nitrogen and oxygen atoms in total. The molecule has 0 radical (unpaired) electrons. The van der Waals surface area contributed by atoms with Gasteiger partial charge in [0.2, 0.25) is 0 Å². The SMILES string of the molecule is CSC1(C#N)CCN(C(=O)c2cc(F)ccc2C)CC1. The Bertz CT molecular complexity index is 559. The van der Waals surface area contributed by atoms with Crippen molar-refractivity contribution in [3.8, 4) is 6.07 Å². The molecule has 0 bridgehead atoms. The van der Waals surface area contributed by atoms with Gasteiger partial charge in [-0.2, -0.15) is 5.26 Å². The smallest absolute Gasteiger partial charge is 0.254 e. The maximum Gasteiger partial charge on any atom is 0.254 e. The zero-order valence-electron chi connectivity index (χ0n) is 11.6. The molecule has 2 rings (SSSR count). The molecule has 1 aromatic rings. The average Bonchev–Trinajstić information content (AvgIpc) is 2.49. The van der Waals surface area contributed by atoms with Crippen LogP contribution in [0.4, 0.5) is 4.39 Å². The molecule has 1 fully saturated rings. The van der Waals surface area contributed by atoms with Crippen LogP contribution in [0, 0.1) is 24.1 Å². The van der Waals surface area contributed by atoms with E-state index >= 15 is 0 Å². The molecule has 0 N–H and O–H groups in total. The molecule has 0 saturated carbocycles. The van der Waals surface area contributed by atoms with Gasteiger partial charge >= 0.3 is 0 Å². The number of aryl methyl sites for hydroxylation is 1. The summed E-state index contributed by atoms with van der Waals surface area (Å²) < 4.78 is 12.9. The molecule has 0 aliphatic carbocycles. The zero-order valence-corrected chi connectivity index (χ0v) is 12.5. The number of rotatable bonds is 2. The van der Waals surface area contributed by atoms with Crippen molar-refractivity contribution in [1.29, 1.82) is 5.26 Å². The number of piperidine rings is 1. The maximum atomic E-state index is 13.3. The van der Waals surface area contributed by atoms with Gasteiger partial charge in [-0.15, -0.1) is 11.8 Å². The van der Waals surface area contributed by atoms with Crippen molar-refractivity contribution in [3.63, 3.8) is 0 Å². The second kappa shape index (κ2) is 5.84. The Morgan fingerprint density at radius 3 is 2.65 bits per heavy atom. The Morgan fingerprint density at radius 1 is 1.45 bits per heavy atom. The third-order valence-corrected chi connectivity index (χ3v) is 5.16. The summed E-state index contributed by atoms with van der Waals surface area (Å²) in [6, 6.07) is 6.62. The van der Waals surface area contributed by atoms with E-state index in [2.05, 4.69) is 6.07 Å². The minimum absolute atomic E-state index is 0.144. The van der Waals surface area contributed by atoms with Gasteiger partial charge in [-0.3, -0.25) is 4.79 Å². The lowest BCUT2D eigenvalue weighted by Gasteiger charge is -2.36. The van der Waals surface area contributed by atoms with Crippen molar-refractivity contribution in [2.75, 3.05) is 19.3 Å². The van der Waals surface area contributed by atoms with Crippen LogP contribution in [-0.2, 0) is 0 Å². The van der Waals surface area contributed by atoms with Gasteiger partial charge in [-0.05, 0) is 43.7 Å². The lowest BCUT2D eigenvalue weighted by molar-refractivity contribution is 0.0715. The molecule has 1 aromatic carbocycles. The molecule has 1 saturated heterocycles. The molecule has 20 heavy (non-hydrogen) atoms. The van der Waals surface area contributed by atoms with Crippen LogP contribution in [0.25, 0.3) is 0 Å². The Kier molecular flexibility index (Phi) is 4.34. The summed E-state index contributed by atoms with van der Waals surface area (Å²) in [5.74, 6) is -0.541. The van der Waals surface area contributed by atoms with Gasteiger partial charge in [0.05, 0.1) is 6.07 Å². The molecule has 0 aromatic heterocycles. The second-order valence-corrected chi connectivity index (χ2v) is 6.25. The molecular formula is C15H17FN2OS. The highest BCUT2D eigenvalue weighted by molar-refractivity contribution is 8.00. The van der Waals surface area contributed by atoms with Gasteiger partial charge in [0.1, 0.15) is 10.6 Å². The number of nitriles is 1. The number of carbonyl (C=O) groups excluding carboxylic acids is 1. The Labute approximate surface area is 122 Å². The number of thioether (sulfide) groups is 1. The van der Waals surface area contributed by atoms with E-state index in [-0.39, 0.29) is 10.7 Å². The number of hydrogen-bond acceptors (Lipinski definition) is 3. The lowest BCUT2D eigenvalue weighted by Crippen LogP contribution is -2.44. The van der Waals surface area contributed by atoms with Crippen LogP contribution < -0.4 is 0 Å². The maximum absolute atomic E-state index is 13.3. The molecule has 0 atom stereocenters. The van der Waals surface area contributed by atoms with E-state index in [1.807, 2.05) is 6.26 Å². The molecule has 0 spiro atoms. The summed E-state index contributed by atoms with van der Waals surface area (Å²) in [4.78, 5) is 14.1. The van der Waals surface area contributed by atoms with Gasteiger partial charge in [0.25, 0.3) is 5.91 Å². The molecule has 106 valence electrons. The summed E-state index contributed by atoms with van der Waals surface area (Å²) in [5.41, 5.74) is 1.19. The number of halogens is 1. The minimum Gasteiger partial charge on any atom is -0.338 e. The van der Waals surface area contributed by atoms with Crippen LogP contribution in [0.2, 0.25) is 0 Å². The van der Waals surface area contributed by atoms with Crippen molar-refractivity contribution in [1.82, 2.24) is 4.90 Å². The first-order valence-corrected chi connectivity index (χ1v) is 7.76. The fourth-order valence-corrected chi connectivity index (χ4v) is 3.11. The fraction of sp³-hybridized carbons (Fsp3) is 0.467. The molecule has 1 amide bonds. The van der Waals surface area contributed by atoms with E-state index in [0.29, 0.717) is 31.5 Å². The highest BCUT2D eigenvalue weighted by atomic mass is 32.2. The van der Waals surface area contributed by atoms with E-state index in [1.54, 1.807) is 29.7 Å². The van der Waals surface area contributed by atoms with Crippen molar-refractivity contribution >= 4 is 17.7 Å². The first kappa shape index (κ1) is 14.9. The average molecular weight is 292 g/mol. The summed E-state index contributed by atoms with van der Waals surface area (Å²) in [6.45, 7) is 2.89. The normalized spacial score (nSPS) is 17.6. The summed E-state index contributed by atoms with van der Waals surface area (Å²) in [7, 11) is 0. The van der Waals surface area contributed by atoms with E-state index in [4.69, 9.17) is 0 Å². The number of amides is 1. The topological polar surface area (TPSA) is 44.1 Å². The van der Waals surface area contributed by atoms with E-state index in [0.717, 1.165) is 5.56 Å². The van der Waals surface area contributed by atoms with Crippen molar-refractivity contribution in [2.24, 2.45) is 0 Å². The predicted molar refractivity (Wildman–Crippen MR) is 78.1 cm³/mol. The third kappa shape index (κ3) is 2.80. The number of nitrogens with zero attached hydrogens (tertiary/aromatic N) is 2.